The number of carbonyl (C=O) groups is 2. The summed E-state index contributed by atoms with van der Waals surface area (Å²) in [4.78, 5) is 28.9. The van der Waals surface area contributed by atoms with Gasteiger partial charge in [0.05, 0.1) is 23.8 Å². The van der Waals surface area contributed by atoms with Gasteiger partial charge >= 0.3 is 5.97 Å². The smallest absolute Gasteiger partial charge is 0.344 e. The third kappa shape index (κ3) is 4.47. The minimum absolute atomic E-state index is 0.125. The summed E-state index contributed by atoms with van der Waals surface area (Å²) in [6.45, 7) is 2.45. The molecule has 0 unspecified atom stereocenters. The van der Waals surface area contributed by atoms with Crippen LogP contribution in [-0.4, -0.2) is 72.1 Å². The Balaban J connectivity index is 1.36. The van der Waals surface area contributed by atoms with Gasteiger partial charge in [0.2, 0.25) is 10.0 Å². The fraction of sp³-hybridized carbons (Fsp3) is 0.300. The number of hydrogen-bond acceptors (Lipinski definition) is 8. The summed E-state index contributed by atoms with van der Waals surface area (Å²) < 4.78 is 38.4. The number of sulfonamides is 1. The molecule has 2 aromatic heterocycles. The molecule has 168 valence electrons. The lowest BCUT2D eigenvalue weighted by Crippen LogP contribution is -2.40. The molecular formula is C20H21N5O6S. The second-order valence-corrected chi connectivity index (χ2v) is 8.95. The normalized spacial score (nSPS) is 14.9. The Morgan fingerprint density at radius 2 is 1.91 bits per heavy atom. The number of amides is 1. The van der Waals surface area contributed by atoms with Gasteiger partial charge in [-0.2, -0.15) is 9.40 Å². The van der Waals surface area contributed by atoms with Crippen molar-refractivity contribution in [1.82, 2.24) is 18.9 Å². The molecule has 0 saturated carbocycles. The Kier molecular flexibility index (Phi) is 6.17. The number of morpholine rings is 1. The van der Waals surface area contributed by atoms with Crippen molar-refractivity contribution in [3.05, 3.63) is 54.0 Å². The largest absolute Gasteiger partial charge is 0.452 e. The summed E-state index contributed by atoms with van der Waals surface area (Å²) in [7, 11) is -3.62. The molecule has 3 heterocycles. The van der Waals surface area contributed by atoms with Crippen molar-refractivity contribution in [3.8, 4) is 0 Å². The van der Waals surface area contributed by atoms with E-state index in [4.69, 9.17) is 9.47 Å². The Hall–Kier alpha value is -3.35. The number of benzene rings is 1. The number of aryl methyl sites for hydroxylation is 1. The van der Waals surface area contributed by atoms with Crippen molar-refractivity contribution in [3.63, 3.8) is 0 Å². The van der Waals surface area contributed by atoms with Crippen LogP contribution in [0, 0.1) is 6.92 Å². The molecule has 1 aromatic carbocycles. The predicted octanol–water partition coefficient (Wildman–Crippen LogP) is 0.854. The molecule has 3 aromatic rings. The van der Waals surface area contributed by atoms with Crippen molar-refractivity contribution in [2.24, 2.45) is 0 Å². The number of esters is 1. The number of nitrogens with zero attached hydrogens (tertiary/aromatic N) is 4. The van der Waals surface area contributed by atoms with E-state index in [1.165, 1.54) is 39.3 Å². The maximum atomic E-state index is 12.6. The molecule has 1 N–H and O–H groups in total. The molecule has 1 saturated heterocycles. The maximum absolute atomic E-state index is 12.6. The van der Waals surface area contributed by atoms with E-state index in [0.717, 1.165) is 0 Å². The lowest BCUT2D eigenvalue weighted by Gasteiger charge is -2.26. The molecule has 0 spiro atoms. The lowest BCUT2D eigenvalue weighted by molar-refractivity contribution is -0.119. The molecule has 0 aliphatic carbocycles. The van der Waals surface area contributed by atoms with Gasteiger partial charge in [0.15, 0.2) is 12.3 Å². The zero-order valence-corrected chi connectivity index (χ0v) is 18.0. The molecule has 1 aliphatic heterocycles. The first-order valence-corrected chi connectivity index (χ1v) is 11.2. The first kappa shape index (κ1) is 21.9. The van der Waals surface area contributed by atoms with Crippen molar-refractivity contribution in [2.45, 2.75) is 11.8 Å². The summed E-state index contributed by atoms with van der Waals surface area (Å²) in [5.74, 6) is -1.28. The minimum Gasteiger partial charge on any atom is -0.452 e. The third-order valence-corrected chi connectivity index (χ3v) is 6.77. The van der Waals surface area contributed by atoms with Crippen LogP contribution in [-0.2, 0) is 24.3 Å². The Bertz CT molecular complexity index is 1250. The van der Waals surface area contributed by atoms with Crippen LogP contribution in [0.4, 0.5) is 5.69 Å². The van der Waals surface area contributed by atoms with Gasteiger partial charge in [0.25, 0.3) is 5.91 Å². The number of ether oxygens (including phenoxy) is 2. The van der Waals surface area contributed by atoms with Crippen LogP contribution in [0.25, 0.3) is 5.65 Å². The number of carbonyl (C=O) groups excluding carboxylic acids is 2. The van der Waals surface area contributed by atoms with Crippen LogP contribution < -0.4 is 5.32 Å². The molecular weight excluding hydrogens is 438 g/mol. The SMILES string of the molecule is Cc1nn2cccnc2c1C(=O)OCC(=O)Nc1ccc(S(=O)(=O)N2CCOCC2)cc1. The van der Waals surface area contributed by atoms with E-state index in [0.29, 0.717) is 43.3 Å². The Labute approximate surface area is 184 Å². The number of aromatic nitrogens is 3. The summed E-state index contributed by atoms with van der Waals surface area (Å²) in [6.07, 6.45) is 3.19. The molecule has 0 bridgehead atoms. The van der Waals surface area contributed by atoms with Gasteiger partial charge in [-0.25, -0.2) is 22.7 Å². The topological polar surface area (TPSA) is 132 Å². The highest BCUT2D eigenvalue weighted by molar-refractivity contribution is 7.89. The first-order valence-electron chi connectivity index (χ1n) is 9.81. The van der Waals surface area contributed by atoms with Crippen molar-refractivity contribution >= 4 is 33.2 Å². The van der Waals surface area contributed by atoms with Crippen molar-refractivity contribution < 1.29 is 27.5 Å². The average molecular weight is 459 g/mol. The highest BCUT2D eigenvalue weighted by Crippen LogP contribution is 2.19. The highest BCUT2D eigenvalue weighted by Gasteiger charge is 2.26. The number of hydrogen-bond donors (Lipinski definition) is 1. The van der Waals surface area contributed by atoms with Crippen LogP contribution in [0.5, 0.6) is 0 Å². The zero-order valence-electron chi connectivity index (χ0n) is 17.2. The molecule has 1 amide bonds. The highest BCUT2D eigenvalue weighted by atomic mass is 32.2. The van der Waals surface area contributed by atoms with Crippen molar-refractivity contribution in [1.29, 1.82) is 0 Å². The van der Waals surface area contributed by atoms with E-state index < -0.39 is 28.5 Å². The second kappa shape index (κ2) is 9.02. The summed E-state index contributed by atoms with van der Waals surface area (Å²) >= 11 is 0. The molecule has 1 aliphatic rings. The second-order valence-electron chi connectivity index (χ2n) is 7.01. The van der Waals surface area contributed by atoms with Gasteiger partial charge in [0.1, 0.15) is 5.56 Å². The molecule has 0 atom stereocenters. The monoisotopic (exact) mass is 459 g/mol. The number of rotatable bonds is 6. The standard InChI is InChI=1S/C20H21N5O6S/c1-14-18(19-21-7-2-8-25(19)23-14)20(27)31-13-17(26)22-15-3-5-16(6-4-15)32(28,29)24-9-11-30-12-10-24/h2-8H,9-13H2,1H3,(H,22,26). The average Bonchev–Trinajstić information content (AvgIpc) is 3.14. The third-order valence-electron chi connectivity index (χ3n) is 4.85. The van der Waals surface area contributed by atoms with Crippen LogP contribution in [0.15, 0.2) is 47.6 Å². The van der Waals surface area contributed by atoms with Crippen LogP contribution >= 0.6 is 0 Å². The Morgan fingerprint density at radius 3 is 2.62 bits per heavy atom. The molecule has 4 rings (SSSR count). The van der Waals surface area contributed by atoms with Gasteiger partial charge in [-0.15, -0.1) is 0 Å². The van der Waals surface area contributed by atoms with E-state index in [1.807, 2.05) is 0 Å². The van der Waals surface area contributed by atoms with Gasteiger partial charge < -0.3 is 14.8 Å². The number of fused-ring (bicyclic) bond motifs is 1. The van der Waals surface area contributed by atoms with E-state index in [9.17, 15) is 18.0 Å². The van der Waals surface area contributed by atoms with E-state index in [2.05, 4.69) is 15.4 Å². The maximum Gasteiger partial charge on any atom is 0.344 e. The van der Waals surface area contributed by atoms with Gasteiger partial charge in [0, 0.05) is 31.2 Å². The fourth-order valence-corrected chi connectivity index (χ4v) is 4.69. The van der Waals surface area contributed by atoms with E-state index in [-0.39, 0.29) is 10.5 Å². The summed E-state index contributed by atoms with van der Waals surface area (Å²) in [5.41, 5.74) is 1.34. The molecule has 11 nitrogen and oxygen atoms in total. The molecule has 0 radical (unpaired) electrons. The van der Waals surface area contributed by atoms with E-state index in [1.54, 1.807) is 19.2 Å². The minimum atomic E-state index is -3.62. The zero-order chi connectivity index (χ0) is 22.7. The first-order chi connectivity index (χ1) is 15.4. The van der Waals surface area contributed by atoms with Crippen LogP contribution in [0.2, 0.25) is 0 Å². The van der Waals surface area contributed by atoms with Gasteiger partial charge in [-0.1, -0.05) is 0 Å². The fourth-order valence-electron chi connectivity index (χ4n) is 3.28. The number of nitrogens with one attached hydrogen (secondary N) is 1. The van der Waals surface area contributed by atoms with Gasteiger partial charge in [-0.3, -0.25) is 4.79 Å². The Morgan fingerprint density at radius 1 is 1.19 bits per heavy atom. The molecule has 1 fully saturated rings. The molecule has 12 heteroatoms. The lowest BCUT2D eigenvalue weighted by atomic mass is 10.2. The summed E-state index contributed by atoms with van der Waals surface area (Å²) in [5, 5.41) is 6.76. The van der Waals surface area contributed by atoms with E-state index >= 15 is 0 Å². The molecule has 32 heavy (non-hydrogen) atoms. The van der Waals surface area contributed by atoms with Crippen LogP contribution in [0.1, 0.15) is 16.1 Å². The predicted molar refractivity (Wildman–Crippen MR) is 113 cm³/mol. The quantitative estimate of drug-likeness (QED) is 0.537. The number of anilines is 1. The van der Waals surface area contributed by atoms with Crippen LogP contribution in [0.3, 0.4) is 0 Å². The van der Waals surface area contributed by atoms with Gasteiger partial charge in [-0.05, 0) is 37.3 Å². The summed E-state index contributed by atoms with van der Waals surface area (Å²) in [6, 6.07) is 7.47. The van der Waals surface area contributed by atoms with Crippen molar-refractivity contribution in [2.75, 3.05) is 38.2 Å².